The Balaban J connectivity index is 1.41. The summed E-state index contributed by atoms with van der Waals surface area (Å²) in [4.78, 5) is 22.7. The van der Waals surface area contributed by atoms with Crippen LogP contribution in [0, 0.1) is 71.0 Å². The van der Waals surface area contributed by atoms with Gasteiger partial charge >= 0.3 is 11.9 Å². The molecule has 4 heteroatoms. The van der Waals surface area contributed by atoms with Crippen LogP contribution in [0.2, 0.25) is 0 Å². The van der Waals surface area contributed by atoms with Gasteiger partial charge in [0, 0.05) is 12.8 Å². The van der Waals surface area contributed by atoms with E-state index >= 15 is 0 Å². The normalized spacial score (nSPS) is 60.2. The van der Waals surface area contributed by atoms with Crippen molar-refractivity contribution in [3.63, 3.8) is 0 Å². The van der Waals surface area contributed by atoms with Gasteiger partial charge in [-0.3, -0.25) is 9.59 Å². The standard InChI is InChI=1S/C20H24O4/c21-13(22)5-7-3-11-12-4-8(6-14(23)24)16-10-2-1-9-15(7)18(11)20(17(9)10)19(12)16/h1-2,7-12,15-20H,3-6H2,(H,21,22)(H,23,24)/t7-,8+,9?,10?,11?,12?,15?,16?,17?,18?,19?,20?. The molecule has 0 spiro atoms. The summed E-state index contributed by atoms with van der Waals surface area (Å²) in [7, 11) is 0. The van der Waals surface area contributed by atoms with Gasteiger partial charge in [0.15, 0.2) is 0 Å². The van der Waals surface area contributed by atoms with Gasteiger partial charge in [-0.1, -0.05) is 12.2 Å². The fraction of sp³-hybridized carbons (Fsp3) is 0.800. The van der Waals surface area contributed by atoms with Gasteiger partial charge in [-0.25, -0.2) is 0 Å². The number of fused-ring (bicyclic) bond motifs is 3. The van der Waals surface area contributed by atoms with Crippen LogP contribution in [0.3, 0.4) is 0 Å². The van der Waals surface area contributed by atoms with Crippen molar-refractivity contribution >= 4 is 11.9 Å². The molecule has 12 atom stereocenters. The van der Waals surface area contributed by atoms with Gasteiger partial charge in [0.2, 0.25) is 0 Å². The van der Waals surface area contributed by atoms with Gasteiger partial charge in [-0.15, -0.1) is 0 Å². The van der Waals surface area contributed by atoms with Gasteiger partial charge in [-0.2, -0.15) is 0 Å². The molecule has 5 saturated carbocycles. The highest BCUT2D eigenvalue weighted by atomic mass is 16.4. The lowest BCUT2D eigenvalue weighted by atomic mass is 9.77. The average Bonchev–Trinajstić information content (AvgIpc) is 3.19. The van der Waals surface area contributed by atoms with E-state index in [4.69, 9.17) is 0 Å². The van der Waals surface area contributed by atoms with Gasteiger partial charge in [-0.05, 0) is 83.9 Å². The van der Waals surface area contributed by atoms with Crippen molar-refractivity contribution in [1.29, 1.82) is 0 Å². The molecule has 0 aromatic rings. The number of allylic oxidation sites excluding steroid dienone is 2. The monoisotopic (exact) mass is 328 g/mol. The summed E-state index contributed by atoms with van der Waals surface area (Å²) in [5.41, 5.74) is 0. The summed E-state index contributed by atoms with van der Waals surface area (Å²) >= 11 is 0. The highest BCUT2D eigenvalue weighted by Gasteiger charge is 2.76. The van der Waals surface area contributed by atoms with E-state index in [0.717, 1.165) is 36.5 Å². The molecule has 24 heavy (non-hydrogen) atoms. The van der Waals surface area contributed by atoms with E-state index in [1.54, 1.807) is 0 Å². The number of carbonyl (C=O) groups is 2. The largest absolute Gasteiger partial charge is 0.481 e. The van der Waals surface area contributed by atoms with Crippen LogP contribution in [-0.4, -0.2) is 22.2 Å². The molecule has 2 N–H and O–H groups in total. The first-order valence-electron chi connectivity index (χ1n) is 9.68. The van der Waals surface area contributed by atoms with Gasteiger partial charge in [0.1, 0.15) is 0 Å². The first-order valence-corrected chi connectivity index (χ1v) is 9.68. The van der Waals surface area contributed by atoms with Crippen LogP contribution < -0.4 is 0 Å². The Morgan fingerprint density at radius 3 is 1.58 bits per heavy atom. The summed E-state index contributed by atoms with van der Waals surface area (Å²) in [5.74, 6) is 6.21. The van der Waals surface area contributed by atoms with E-state index in [1.165, 1.54) is 0 Å². The maximum atomic E-state index is 11.4. The van der Waals surface area contributed by atoms with E-state index in [-0.39, 0.29) is 0 Å². The molecule has 5 fully saturated rings. The second-order valence-electron chi connectivity index (χ2n) is 9.52. The summed E-state index contributed by atoms with van der Waals surface area (Å²) < 4.78 is 0. The average molecular weight is 328 g/mol. The van der Waals surface area contributed by atoms with Crippen LogP contribution in [-0.2, 0) is 9.59 Å². The van der Waals surface area contributed by atoms with E-state index in [2.05, 4.69) is 12.2 Å². The molecule has 4 nitrogen and oxygen atoms in total. The molecule has 0 radical (unpaired) electrons. The number of hydrogen-bond donors (Lipinski definition) is 2. The molecule has 0 heterocycles. The first kappa shape index (κ1) is 13.9. The third-order valence-electron chi connectivity index (χ3n) is 9.21. The molecule has 0 aromatic carbocycles. The molecule has 10 unspecified atom stereocenters. The molecule has 6 aliphatic rings. The minimum absolute atomic E-state index is 0.339. The Kier molecular flexibility index (Phi) is 2.47. The van der Waals surface area contributed by atoms with E-state index in [9.17, 15) is 19.8 Å². The van der Waals surface area contributed by atoms with Crippen molar-refractivity contribution in [3.05, 3.63) is 12.2 Å². The molecular formula is C20H24O4. The smallest absolute Gasteiger partial charge is 0.303 e. The minimum atomic E-state index is -0.639. The predicted octanol–water partition coefficient (Wildman–Crippen LogP) is 2.75. The fourth-order valence-corrected chi connectivity index (χ4v) is 9.38. The van der Waals surface area contributed by atoms with Crippen molar-refractivity contribution in [2.45, 2.75) is 25.7 Å². The van der Waals surface area contributed by atoms with Crippen molar-refractivity contribution in [3.8, 4) is 0 Å². The highest BCUT2D eigenvalue weighted by molar-refractivity contribution is 5.67. The zero-order valence-corrected chi connectivity index (χ0v) is 13.6. The molecule has 0 amide bonds. The van der Waals surface area contributed by atoms with E-state index < -0.39 is 11.9 Å². The van der Waals surface area contributed by atoms with Crippen molar-refractivity contribution in [1.82, 2.24) is 0 Å². The second kappa shape index (κ2) is 4.25. The van der Waals surface area contributed by atoms with Crippen LogP contribution in [0.4, 0.5) is 0 Å². The summed E-state index contributed by atoms with van der Waals surface area (Å²) in [6.07, 6.45) is 7.69. The zero-order valence-electron chi connectivity index (χ0n) is 13.6. The van der Waals surface area contributed by atoms with Gasteiger partial charge in [0.25, 0.3) is 0 Å². The maximum absolute atomic E-state index is 11.4. The summed E-state index contributed by atoms with van der Waals surface area (Å²) in [6, 6.07) is 0. The topological polar surface area (TPSA) is 74.6 Å². The quantitative estimate of drug-likeness (QED) is 0.778. The fourth-order valence-electron chi connectivity index (χ4n) is 9.38. The molecule has 0 bridgehead atoms. The van der Waals surface area contributed by atoms with E-state index in [1.807, 2.05) is 0 Å². The second-order valence-corrected chi connectivity index (χ2v) is 9.52. The Hall–Kier alpha value is -1.32. The Morgan fingerprint density at radius 2 is 1.17 bits per heavy atom. The summed E-state index contributed by atoms with van der Waals surface area (Å²) in [6.45, 7) is 0. The molecule has 0 aliphatic heterocycles. The molecule has 6 rings (SSSR count). The molecule has 128 valence electrons. The van der Waals surface area contributed by atoms with Gasteiger partial charge in [0.05, 0.1) is 0 Å². The third-order valence-corrected chi connectivity index (χ3v) is 9.21. The van der Waals surface area contributed by atoms with Crippen molar-refractivity contribution in [2.75, 3.05) is 0 Å². The summed E-state index contributed by atoms with van der Waals surface area (Å²) in [5, 5.41) is 18.7. The molecule has 6 aliphatic carbocycles. The first-order chi connectivity index (χ1) is 11.6. The van der Waals surface area contributed by atoms with Crippen LogP contribution in [0.25, 0.3) is 0 Å². The number of aliphatic carboxylic acids is 2. The van der Waals surface area contributed by atoms with Crippen molar-refractivity contribution in [2.24, 2.45) is 71.0 Å². The van der Waals surface area contributed by atoms with Crippen LogP contribution in [0.5, 0.6) is 0 Å². The van der Waals surface area contributed by atoms with Crippen LogP contribution >= 0.6 is 0 Å². The van der Waals surface area contributed by atoms with Gasteiger partial charge < -0.3 is 10.2 Å². The Bertz CT molecular complexity index is 615. The SMILES string of the molecule is O=C(O)C[C@@H]1CC2C3C[C@H](CC(=O)O)C4C5C=CC6C5C(C2C61)C34. The number of carboxylic acid groups (broad SMARTS) is 2. The number of hydrogen-bond acceptors (Lipinski definition) is 2. The molecule has 0 aromatic heterocycles. The lowest BCUT2D eigenvalue weighted by Crippen LogP contribution is -2.25. The maximum Gasteiger partial charge on any atom is 0.303 e. The van der Waals surface area contributed by atoms with Crippen molar-refractivity contribution < 1.29 is 19.8 Å². The highest BCUT2D eigenvalue weighted by Crippen LogP contribution is 2.80. The predicted molar refractivity (Wildman–Crippen MR) is 84.8 cm³/mol. The minimum Gasteiger partial charge on any atom is -0.481 e. The van der Waals surface area contributed by atoms with E-state index in [0.29, 0.717) is 60.2 Å². The number of rotatable bonds is 4. The van der Waals surface area contributed by atoms with Crippen LogP contribution in [0.15, 0.2) is 12.2 Å². The lowest BCUT2D eigenvalue weighted by molar-refractivity contribution is -0.139. The third kappa shape index (κ3) is 1.40. The Labute approximate surface area is 141 Å². The van der Waals surface area contributed by atoms with Crippen LogP contribution in [0.1, 0.15) is 25.7 Å². The lowest BCUT2D eigenvalue weighted by Gasteiger charge is -2.27. The molecule has 0 saturated heterocycles. The zero-order chi connectivity index (χ0) is 16.3. The number of carboxylic acids is 2. The molecular weight excluding hydrogens is 304 g/mol. The Morgan fingerprint density at radius 1 is 0.708 bits per heavy atom.